The average molecular weight is 361 g/mol. The van der Waals surface area contributed by atoms with E-state index in [0.29, 0.717) is 0 Å². The van der Waals surface area contributed by atoms with E-state index in [4.69, 9.17) is 28.2 Å². The van der Waals surface area contributed by atoms with Crippen LogP contribution in [0.5, 0.6) is 0 Å². The number of halogens is 2. The quantitative estimate of drug-likeness (QED) is 0.681. The van der Waals surface area contributed by atoms with E-state index in [0.717, 1.165) is 53.3 Å². The first-order valence-corrected chi connectivity index (χ1v) is 8.76. The maximum atomic E-state index is 6.14. The summed E-state index contributed by atoms with van der Waals surface area (Å²) in [6, 6.07) is 9.99. The normalized spacial score (nSPS) is 15.3. The number of pyridine rings is 1. The second kappa shape index (κ2) is 6.19. The van der Waals surface area contributed by atoms with Crippen LogP contribution in [0, 0.1) is 6.92 Å². The number of nitrogens with zero attached hydrogens (tertiary/aromatic N) is 4. The summed E-state index contributed by atoms with van der Waals surface area (Å²) in [6.45, 7) is 5.81. The van der Waals surface area contributed by atoms with Crippen molar-refractivity contribution in [2.45, 2.75) is 6.92 Å². The smallest absolute Gasteiger partial charge is 0.148 e. The number of fused-ring (bicyclic) bond motifs is 1. The van der Waals surface area contributed by atoms with E-state index < -0.39 is 0 Å². The molecule has 0 unspecified atom stereocenters. The Balaban J connectivity index is 1.52. The molecule has 0 spiro atoms. The number of benzene rings is 1. The lowest BCUT2D eigenvalue weighted by molar-refractivity contribution is 0.649. The van der Waals surface area contributed by atoms with Crippen molar-refractivity contribution >= 4 is 40.4 Å². The molecule has 4 rings (SSSR count). The van der Waals surface area contributed by atoms with Gasteiger partial charge in [-0.15, -0.1) is 0 Å². The summed E-state index contributed by atoms with van der Waals surface area (Å²) in [5.74, 6) is 1.01. The van der Waals surface area contributed by atoms with Crippen molar-refractivity contribution in [1.29, 1.82) is 0 Å². The zero-order chi connectivity index (χ0) is 16.7. The van der Waals surface area contributed by atoms with Crippen LogP contribution in [0.3, 0.4) is 0 Å². The number of hydrogen-bond acceptors (Lipinski definition) is 3. The molecule has 0 aliphatic carbocycles. The van der Waals surface area contributed by atoms with Crippen LogP contribution < -0.4 is 9.80 Å². The molecule has 3 aromatic rings. The molecule has 2 aromatic heterocycles. The molecule has 0 saturated carbocycles. The van der Waals surface area contributed by atoms with Crippen molar-refractivity contribution < 1.29 is 0 Å². The monoisotopic (exact) mass is 360 g/mol. The minimum absolute atomic E-state index is 0.731. The fraction of sp³-hybridized carbons (Fsp3) is 0.278. The van der Waals surface area contributed by atoms with Crippen LogP contribution in [-0.4, -0.2) is 35.6 Å². The van der Waals surface area contributed by atoms with Gasteiger partial charge in [0.15, 0.2) is 0 Å². The van der Waals surface area contributed by atoms with E-state index >= 15 is 0 Å². The molecule has 0 bridgehead atoms. The van der Waals surface area contributed by atoms with E-state index in [1.807, 2.05) is 41.8 Å². The number of piperazine rings is 1. The molecule has 0 amide bonds. The lowest BCUT2D eigenvalue weighted by atomic mass is 10.2. The van der Waals surface area contributed by atoms with E-state index in [-0.39, 0.29) is 0 Å². The van der Waals surface area contributed by atoms with Crippen LogP contribution in [0.25, 0.3) is 5.65 Å². The maximum absolute atomic E-state index is 6.14. The molecular weight excluding hydrogens is 343 g/mol. The molecule has 3 heterocycles. The summed E-state index contributed by atoms with van der Waals surface area (Å²) < 4.78 is 2.01. The number of anilines is 2. The van der Waals surface area contributed by atoms with Crippen LogP contribution in [-0.2, 0) is 0 Å². The van der Waals surface area contributed by atoms with Crippen LogP contribution in [0.4, 0.5) is 11.5 Å². The maximum Gasteiger partial charge on any atom is 0.148 e. The molecule has 1 fully saturated rings. The highest BCUT2D eigenvalue weighted by Crippen LogP contribution is 2.24. The van der Waals surface area contributed by atoms with Gasteiger partial charge in [0.25, 0.3) is 0 Å². The van der Waals surface area contributed by atoms with Gasteiger partial charge in [-0.05, 0) is 36.8 Å². The van der Waals surface area contributed by atoms with Gasteiger partial charge in [-0.2, -0.15) is 0 Å². The van der Waals surface area contributed by atoms with Gasteiger partial charge < -0.3 is 14.2 Å². The summed E-state index contributed by atoms with van der Waals surface area (Å²) in [6.07, 6.45) is 3.96. The summed E-state index contributed by atoms with van der Waals surface area (Å²) in [7, 11) is 0. The summed E-state index contributed by atoms with van der Waals surface area (Å²) >= 11 is 12.2. The minimum Gasteiger partial charge on any atom is -0.368 e. The summed E-state index contributed by atoms with van der Waals surface area (Å²) in [5, 5.41) is 1.51. The Morgan fingerprint density at radius 1 is 0.917 bits per heavy atom. The SMILES string of the molecule is Cc1cc(Cl)cn2cc(N3CCN(c4cccc(Cl)c4)CC3)nc12. The molecule has 0 atom stereocenters. The minimum atomic E-state index is 0.731. The molecule has 1 aliphatic heterocycles. The van der Waals surface area contributed by atoms with Gasteiger partial charge in [-0.3, -0.25) is 0 Å². The third-order valence-corrected chi connectivity index (χ3v) is 4.91. The molecule has 0 radical (unpaired) electrons. The first kappa shape index (κ1) is 15.6. The Kier molecular flexibility index (Phi) is 4.02. The molecular formula is C18H18Cl2N4. The Bertz CT molecular complexity index is 882. The van der Waals surface area contributed by atoms with E-state index in [2.05, 4.69) is 22.1 Å². The zero-order valence-corrected chi connectivity index (χ0v) is 14.9. The summed E-state index contributed by atoms with van der Waals surface area (Å²) in [4.78, 5) is 9.46. The predicted molar refractivity (Wildman–Crippen MR) is 101 cm³/mol. The lowest BCUT2D eigenvalue weighted by Crippen LogP contribution is -2.46. The standard InChI is InChI=1S/C18H18Cl2N4/c1-13-9-15(20)11-24-12-17(21-18(13)24)23-7-5-22(6-8-23)16-4-2-3-14(19)10-16/h2-4,9-12H,5-8H2,1H3. The number of rotatable bonds is 2. The average Bonchev–Trinajstić information content (AvgIpc) is 2.99. The number of hydrogen-bond donors (Lipinski definition) is 0. The van der Waals surface area contributed by atoms with Crippen molar-refractivity contribution in [3.63, 3.8) is 0 Å². The highest BCUT2D eigenvalue weighted by atomic mass is 35.5. The van der Waals surface area contributed by atoms with Crippen molar-refractivity contribution in [2.75, 3.05) is 36.0 Å². The zero-order valence-electron chi connectivity index (χ0n) is 13.4. The van der Waals surface area contributed by atoms with Gasteiger partial charge in [0.1, 0.15) is 11.5 Å². The van der Waals surface area contributed by atoms with E-state index in [9.17, 15) is 0 Å². The summed E-state index contributed by atoms with van der Waals surface area (Å²) in [5.41, 5.74) is 3.23. The molecule has 1 aliphatic rings. The van der Waals surface area contributed by atoms with Gasteiger partial charge in [-0.25, -0.2) is 4.98 Å². The molecule has 0 N–H and O–H groups in total. The largest absolute Gasteiger partial charge is 0.368 e. The Morgan fingerprint density at radius 3 is 2.42 bits per heavy atom. The third-order valence-electron chi connectivity index (χ3n) is 4.47. The molecule has 124 valence electrons. The Labute approximate surface area is 151 Å². The second-order valence-electron chi connectivity index (χ2n) is 6.13. The van der Waals surface area contributed by atoms with Crippen molar-refractivity contribution in [1.82, 2.24) is 9.38 Å². The Morgan fingerprint density at radius 2 is 1.67 bits per heavy atom. The van der Waals surface area contributed by atoms with E-state index in [1.54, 1.807) is 0 Å². The first-order chi connectivity index (χ1) is 11.6. The number of aromatic nitrogens is 2. The highest BCUT2D eigenvalue weighted by molar-refractivity contribution is 6.31. The van der Waals surface area contributed by atoms with Gasteiger partial charge in [-0.1, -0.05) is 29.3 Å². The van der Waals surface area contributed by atoms with Crippen molar-refractivity contribution in [3.8, 4) is 0 Å². The van der Waals surface area contributed by atoms with Crippen LogP contribution in [0.1, 0.15) is 5.56 Å². The van der Waals surface area contributed by atoms with Crippen molar-refractivity contribution in [3.05, 3.63) is 58.3 Å². The van der Waals surface area contributed by atoms with Gasteiger partial charge in [0.2, 0.25) is 0 Å². The van der Waals surface area contributed by atoms with Gasteiger partial charge in [0, 0.05) is 43.1 Å². The van der Waals surface area contributed by atoms with Crippen molar-refractivity contribution in [2.24, 2.45) is 0 Å². The number of aryl methyl sites for hydroxylation is 1. The first-order valence-electron chi connectivity index (χ1n) is 8.00. The molecule has 24 heavy (non-hydrogen) atoms. The highest BCUT2D eigenvalue weighted by Gasteiger charge is 2.20. The topological polar surface area (TPSA) is 23.8 Å². The molecule has 1 saturated heterocycles. The third kappa shape index (κ3) is 2.92. The van der Waals surface area contributed by atoms with E-state index in [1.165, 1.54) is 5.69 Å². The van der Waals surface area contributed by atoms with Gasteiger partial charge >= 0.3 is 0 Å². The second-order valence-corrected chi connectivity index (χ2v) is 7.00. The van der Waals surface area contributed by atoms with Gasteiger partial charge in [0.05, 0.1) is 11.2 Å². The molecule has 6 heteroatoms. The van der Waals surface area contributed by atoms with Crippen LogP contribution >= 0.6 is 23.2 Å². The fourth-order valence-electron chi connectivity index (χ4n) is 3.23. The number of imidazole rings is 1. The predicted octanol–water partition coefficient (Wildman–Crippen LogP) is 4.28. The lowest BCUT2D eigenvalue weighted by Gasteiger charge is -2.36. The molecule has 4 nitrogen and oxygen atoms in total. The fourth-order valence-corrected chi connectivity index (χ4v) is 3.68. The molecule has 1 aromatic carbocycles. The van der Waals surface area contributed by atoms with Crippen LogP contribution in [0.2, 0.25) is 10.0 Å². The Hall–Kier alpha value is -1.91. The van der Waals surface area contributed by atoms with Crippen LogP contribution in [0.15, 0.2) is 42.7 Å².